The van der Waals surface area contributed by atoms with Crippen molar-refractivity contribution in [3.63, 3.8) is 0 Å². The highest BCUT2D eigenvalue weighted by molar-refractivity contribution is 5.91. The maximum Gasteiger partial charge on any atom is 0.416 e. The summed E-state index contributed by atoms with van der Waals surface area (Å²) in [5.41, 5.74) is 4.23. The Kier molecular flexibility index (Phi) is 8.40. The van der Waals surface area contributed by atoms with E-state index in [1.807, 2.05) is 0 Å². The fraction of sp³-hybridized carbons (Fsp3) is 0.500. The van der Waals surface area contributed by atoms with Crippen molar-refractivity contribution in [3.05, 3.63) is 29.3 Å². The molecule has 0 aliphatic carbocycles. The Morgan fingerprint density at radius 2 is 1.72 bits per heavy atom. The standard InChI is InChI=1S/C16H22F3N3O2.ClH/c1-15(2,3)14(24)21-5-4-13(23)22-12-7-10(9-20)6-11(8-12)16(17,18)19;/h6-8H,4-5,9,20H2,1-3H3,(H,21,24)(H,22,23);1H. The predicted molar refractivity (Wildman–Crippen MR) is 92.3 cm³/mol. The molecule has 0 atom stereocenters. The Labute approximate surface area is 150 Å². The third-order valence-electron chi connectivity index (χ3n) is 3.16. The average molecular weight is 382 g/mol. The Hall–Kier alpha value is -1.80. The van der Waals surface area contributed by atoms with Crippen molar-refractivity contribution in [2.75, 3.05) is 11.9 Å². The summed E-state index contributed by atoms with van der Waals surface area (Å²) < 4.78 is 38.5. The molecular weight excluding hydrogens is 359 g/mol. The van der Waals surface area contributed by atoms with Crippen molar-refractivity contribution in [2.45, 2.75) is 39.9 Å². The van der Waals surface area contributed by atoms with Crippen LogP contribution in [-0.2, 0) is 22.3 Å². The zero-order valence-electron chi connectivity index (χ0n) is 14.3. The largest absolute Gasteiger partial charge is 0.416 e. The second-order valence-electron chi connectivity index (χ2n) is 6.42. The predicted octanol–water partition coefficient (Wildman–Crippen LogP) is 3.08. The first-order valence-electron chi connectivity index (χ1n) is 7.43. The van der Waals surface area contributed by atoms with Gasteiger partial charge in [-0.2, -0.15) is 13.2 Å². The molecule has 142 valence electrons. The number of carbonyl (C=O) groups excluding carboxylic acids is 2. The maximum atomic E-state index is 12.8. The van der Waals surface area contributed by atoms with Crippen LogP contribution in [0.4, 0.5) is 18.9 Å². The lowest BCUT2D eigenvalue weighted by atomic mass is 9.96. The normalized spacial score (nSPS) is 11.5. The first-order chi connectivity index (χ1) is 10.9. The second kappa shape index (κ2) is 9.05. The molecule has 0 saturated heterocycles. The molecule has 0 aliphatic heterocycles. The summed E-state index contributed by atoms with van der Waals surface area (Å²) in [6.45, 7) is 5.23. The minimum absolute atomic E-state index is 0. The molecule has 1 aromatic carbocycles. The number of anilines is 1. The number of alkyl halides is 3. The van der Waals surface area contributed by atoms with Crippen molar-refractivity contribution < 1.29 is 22.8 Å². The van der Waals surface area contributed by atoms with Crippen LogP contribution in [0.1, 0.15) is 38.3 Å². The van der Waals surface area contributed by atoms with Crippen molar-refractivity contribution in [1.29, 1.82) is 0 Å². The van der Waals surface area contributed by atoms with Gasteiger partial charge >= 0.3 is 6.18 Å². The van der Waals surface area contributed by atoms with E-state index in [4.69, 9.17) is 5.73 Å². The van der Waals surface area contributed by atoms with Gasteiger partial charge in [0.2, 0.25) is 11.8 Å². The lowest BCUT2D eigenvalue weighted by Crippen LogP contribution is -2.36. The van der Waals surface area contributed by atoms with E-state index in [0.717, 1.165) is 12.1 Å². The summed E-state index contributed by atoms with van der Waals surface area (Å²) in [7, 11) is 0. The molecule has 0 unspecified atom stereocenters. The van der Waals surface area contributed by atoms with E-state index >= 15 is 0 Å². The Morgan fingerprint density at radius 1 is 1.12 bits per heavy atom. The van der Waals surface area contributed by atoms with Gasteiger partial charge in [0.05, 0.1) is 5.56 Å². The minimum Gasteiger partial charge on any atom is -0.355 e. The summed E-state index contributed by atoms with van der Waals surface area (Å²) in [6, 6.07) is 3.19. The van der Waals surface area contributed by atoms with Crippen LogP contribution in [0.5, 0.6) is 0 Å². The van der Waals surface area contributed by atoms with Crippen LogP contribution in [0.15, 0.2) is 18.2 Å². The van der Waals surface area contributed by atoms with Gasteiger partial charge in [0, 0.05) is 30.6 Å². The highest BCUT2D eigenvalue weighted by Crippen LogP contribution is 2.32. The van der Waals surface area contributed by atoms with Crippen molar-refractivity contribution in [2.24, 2.45) is 11.1 Å². The van der Waals surface area contributed by atoms with E-state index in [9.17, 15) is 22.8 Å². The number of rotatable bonds is 5. The molecule has 0 saturated carbocycles. The lowest BCUT2D eigenvalue weighted by molar-refractivity contribution is -0.137. The van der Waals surface area contributed by atoms with Gasteiger partial charge < -0.3 is 16.4 Å². The average Bonchev–Trinajstić information content (AvgIpc) is 2.44. The van der Waals surface area contributed by atoms with Crippen LogP contribution in [0.2, 0.25) is 0 Å². The number of benzene rings is 1. The minimum atomic E-state index is -4.52. The number of hydrogen-bond acceptors (Lipinski definition) is 3. The zero-order chi connectivity index (χ0) is 18.5. The SMILES string of the molecule is CC(C)(C)C(=O)NCCC(=O)Nc1cc(CN)cc(C(F)(F)F)c1.Cl. The van der Waals surface area contributed by atoms with Crippen LogP contribution in [0.3, 0.4) is 0 Å². The van der Waals surface area contributed by atoms with Gasteiger partial charge in [0.25, 0.3) is 0 Å². The van der Waals surface area contributed by atoms with Gasteiger partial charge in [-0.15, -0.1) is 12.4 Å². The maximum absolute atomic E-state index is 12.8. The van der Waals surface area contributed by atoms with Gasteiger partial charge in [-0.1, -0.05) is 20.8 Å². The third kappa shape index (κ3) is 7.74. The summed E-state index contributed by atoms with van der Waals surface area (Å²) in [5.74, 6) is -0.703. The highest BCUT2D eigenvalue weighted by atomic mass is 35.5. The van der Waals surface area contributed by atoms with Gasteiger partial charge in [-0.05, 0) is 23.8 Å². The summed E-state index contributed by atoms with van der Waals surface area (Å²) in [6.07, 6.45) is -4.57. The fourth-order valence-electron chi connectivity index (χ4n) is 1.82. The van der Waals surface area contributed by atoms with Gasteiger partial charge in [-0.3, -0.25) is 9.59 Å². The quantitative estimate of drug-likeness (QED) is 0.732. The molecule has 1 aromatic rings. The van der Waals surface area contributed by atoms with E-state index < -0.39 is 23.1 Å². The van der Waals surface area contributed by atoms with E-state index in [2.05, 4.69) is 10.6 Å². The number of nitrogens with two attached hydrogens (primary N) is 1. The van der Waals surface area contributed by atoms with Crippen molar-refractivity contribution in [3.8, 4) is 0 Å². The number of hydrogen-bond donors (Lipinski definition) is 3. The molecule has 1 rings (SSSR count). The number of carbonyl (C=O) groups is 2. The Bertz CT molecular complexity index is 614. The van der Waals surface area contributed by atoms with Gasteiger partial charge in [0.1, 0.15) is 0 Å². The number of amides is 2. The topological polar surface area (TPSA) is 84.2 Å². The number of halogens is 4. The van der Waals surface area contributed by atoms with Crippen LogP contribution in [0.25, 0.3) is 0 Å². The summed E-state index contributed by atoms with van der Waals surface area (Å²) in [5, 5.41) is 4.99. The molecule has 4 N–H and O–H groups in total. The number of nitrogens with one attached hydrogen (secondary N) is 2. The van der Waals surface area contributed by atoms with E-state index in [1.54, 1.807) is 20.8 Å². The molecule has 2 amide bonds. The molecule has 0 fully saturated rings. The molecule has 0 heterocycles. The van der Waals surface area contributed by atoms with E-state index in [-0.39, 0.29) is 49.1 Å². The molecule has 25 heavy (non-hydrogen) atoms. The smallest absolute Gasteiger partial charge is 0.355 e. The van der Waals surface area contributed by atoms with Crippen molar-refractivity contribution in [1.82, 2.24) is 5.32 Å². The van der Waals surface area contributed by atoms with E-state index in [0.29, 0.717) is 0 Å². The van der Waals surface area contributed by atoms with E-state index in [1.165, 1.54) is 6.07 Å². The Balaban J connectivity index is 0.00000576. The molecule has 9 heteroatoms. The monoisotopic (exact) mass is 381 g/mol. The molecule has 0 aliphatic rings. The van der Waals surface area contributed by atoms with Crippen LogP contribution in [-0.4, -0.2) is 18.4 Å². The molecule has 0 radical (unpaired) electrons. The van der Waals surface area contributed by atoms with Gasteiger partial charge in [0.15, 0.2) is 0 Å². The van der Waals surface area contributed by atoms with Crippen LogP contribution >= 0.6 is 12.4 Å². The lowest BCUT2D eigenvalue weighted by Gasteiger charge is -2.17. The molecule has 0 spiro atoms. The first kappa shape index (κ1) is 23.2. The fourth-order valence-corrected chi connectivity index (χ4v) is 1.82. The third-order valence-corrected chi connectivity index (χ3v) is 3.16. The second-order valence-corrected chi connectivity index (χ2v) is 6.42. The molecule has 0 bridgehead atoms. The zero-order valence-corrected chi connectivity index (χ0v) is 15.1. The van der Waals surface area contributed by atoms with Crippen molar-refractivity contribution >= 4 is 29.9 Å². The Morgan fingerprint density at radius 3 is 2.20 bits per heavy atom. The highest BCUT2D eigenvalue weighted by Gasteiger charge is 2.31. The molecule has 5 nitrogen and oxygen atoms in total. The molecular formula is C16H23ClF3N3O2. The van der Waals surface area contributed by atoms with Crippen LogP contribution in [0, 0.1) is 5.41 Å². The van der Waals surface area contributed by atoms with Crippen LogP contribution < -0.4 is 16.4 Å². The van der Waals surface area contributed by atoms with Gasteiger partial charge in [-0.25, -0.2) is 0 Å². The summed E-state index contributed by atoms with van der Waals surface area (Å²) in [4.78, 5) is 23.5. The first-order valence-corrected chi connectivity index (χ1v) is 7.43. The molecule has 0 aromatic heterocycles. The summed E-state index contributed by atoms with van der Waals surface area (Å²) >= 11 is 0.